The standard InChI is InChI=1S/C28H26N2O2S/c1-3-26(28(32)30-25-14-7-4-9-19(25)2)33-24-13-8-12-23(18-24)29-27(31)22-16-15-20-10-5-6-11-21(20)17-22/h4-18,26H,3H2,1-2H3,(H,29,31)(H,30,32). The second kappa shape index (κ2) is 10.4. The number of carbonyl (C=O) groups is 2. The van der Waals surface area contributed by atoms with Crippen molar-refractivity contribution in [3.63, 3.8) is 0 Å². The van der Waals surface area contributed by atoms with E-state index in [0.29, 0.717) is 17.7 Å². The third-order valence-corrected chi connectivity index (χ3v) is 6.81. The van der Waals surface area contributed by atoms with Crippen LogP contribution in [0, 0.1) is 6.92 Å². The normalized spacial score (nSPS) is 11.7. The van der Waals surface area contributed by atoms with Crippen LogP contribution in [0.3, 0.4) is 0 Å². The quantitative estimate of drug-likeness (QED) is 0.298. The summed E-state index contributed by atoms with van der Waals surface area (Å²) in [5.41, 5.74) is 3.17. The van der Waals surface area contributed by atoms with E-state index in [9.17, 15) is 9.59 Å². The molecule has 0 saturated carbocycles. The first kappa shape index (κ1) is 22.6. The minimum atomic E-state index is -0.240. The lowest BCUT2D eigenvalue weighted by Gasteiger charge is -2.16. The van der Waals surface area contributed by atoms with Crippen molar-refractivity contribution in [3.05, 3.63) is 102 Å². The highest BCUT2D eigenvalue weighted by Crippen LogP contribution is 2.29. The molecule has 0 aliphatic rings. The molecule has 0 fully saturated rings. The van der Waals surface area contributed by atoms with Crippen LogP contribution in [0.4, 0.5) is 11.4 Å². The van der Waals surface area contributed by atoms with Gasteiger partial charge >= 0.3 is 0 Å². The van der Waals surface area contributed by atoms with Crippen LogP contribution in [0.15, 0.2) is 95.9 Å². The SMILES string of the molecule is CCC(Sc1cccc(NC(=O)c2ccc3ccccc3c2)c1)C(=O)Nc1ccccc1C. The van der Waals surface area contributed by atoms with Gasteiger partial charge in [0, 0.05) is 21.8 Å². The molecule has 0 aliphatic carbocycles. The molecule has 4 aromatic rings. The maximum absolute atomic E-state index is 12.9. The van der Waals surface area contributed by atoms with Gasteiger partial charge in [0.15, 0.2) is 0 Å². The van der Waals surface area contributed by atoms with Crippen LogP contribution in [0.2, 0.25) is 0 Å². The molecule has 0 aromatic heterocycles. The molecular weight excluding hydrogens is 428 g/mol. The van der Waals surface area contributed by atoms with Crippen LogP contribution in [0.5, 0.6) is 0 Å². The van der Waals surface area contributed by atoms with E-state index in [1.807, 2.05) is 105 Å². The van der Waals surface area contributed by atoms with Crippen molar-refractivity contribution in [2.45, 2.75) is 30.4 Å². The Morgan fingerprint density at radius 2 is 1.58 bits per heavy atom. The van der Waals surface area contributed by atoms with E-state index in [1.54, 1.807) is 0 Å². The maximum atomic E-state index is 12.9. The number of aryl methyl sites for hydroxylation is 1. The fourth-order valence-electron chi connectivity index (χ4n) is 3.59. The van der Waals surface area contributed by atoms with Crippen molar-refractivity contribution >= 4 is 45.7 Å². The second-order valence-electron chi connectivity index (χ2n) is 7.86. The molecular formula is C28H26N2O2S. The van der Waals surface area contributed by atoms with Gasteiger partial charge in [0.05, 0.1) is 5.25 Å². The van der Waals surface area contributed by atoms with Crippen molar-refractivity contribution in [2.75, 3.05) is 10.6 Å². The number of benzene rings is 4. The van der Waals surface area contributed by atoms with Crippen molar-refractivity contribution in [1.29, 1.82) is 0 Å². The summed E-state index contributed by atoms with van der Waals surface area (Å²) in [5.74, 6) is -0.186. The van der Waals surface area contributed by atoms with Gasteiger partial charge in [0.1, 0.15) is 0 Å². The largest absolute Gasteiger partial charge is 0.325 e. The second-order valence-corrected chi connectivity index (χ2v) is 9.14. The smallest absolute Gasteiger partial charge is 0.255 e. The first-order chi connectivity index (χ1) is 16.0. The Hall–Kier alpha value is -3.57. The van der Waals surface area contributed by atoms with E-state index in [0.717, 1.165) is 26.9 Å². The van der Waals surface area contributed by atoms with Crippen LogP contribution >= 0.6 is 11.8 Å². The minimum Gasteiger partial charge on any atom is -0.325 e. The molecule has 4 nitrogen and oxygen atoms in total. The molecule has 1 unspecified atom stereocenters. The third-order valence-electron chi connectivity index (χ3n) is 5.45. The summed E-state index contributed by atoms with van der Waals surface area (Å²) in [7, 11) is 0. The van der Waals surface area contributed by atoms with Crippen LogP contribution in [0.1, 0.15) is 29.3 Å². The Labute approximate surface area is 198 Å². The first-order valence-corrected chi connectivity index (χ1v) is 11.8. The van der Waals surface area contributed by atoms with Gasteiger partial charge < -0.3 is 10.6 Å². The molecule has 5 heteroatoms. The van der Waals surface area contributed by atoms with E-state index in [4.69, 9.17) is 0 Å². The Bertz CT molecular complexity index is 1300. The Morgan fingerprint density at radius 1 is 0.818 bits per heavy atom. The first-order valence-electron chi connectivity index (χ1n) is 11.0. The zero-order chi connectivity index (χ0) is 23.2. The number of para-hydroxylation sites is 1. The van der Waals surface area contributed by atoms with Gasteiger partial charge in [-0.2, -0.15) is 0 Å². The molecule has 4 aromatic carbocycles. The minimum absolute atomic E-state index is 0.0256. The number of carbonyl (C=O) groups excluding carboxylic acids is 2. The average Bonchev–Trinajstić information content (AvgIpc) is 2.83. The van der Waals surface area contributed by atoms with Crippen molar-refractivity contribution in [2.24, 2.45) is 0 Å². The molecule has 0 aliphatic heterocycles. The van der Waals surface area contributed by atoms with Crippen LogP contribution in [-0.2, 0) is 4.79 Å². The molecule has 0 spiro atoms. The number of amides is 2. The van der Waals surface area contributed by atoms with Gasteiger partial charge in [-0.05, 0) is 66.1 Å². The van der Waals surface area contributed by atoms with Gasteiger partial charge in [0.25, 0.3) is 5.91 Å². The fourth-order valence-corrected chi connectivity index (χ4v) is 4.61. The summed E-state index contributed by atoms with van der Waals surface area (Å²) in [4.78, 5) is 26.6. The van der Waals surface area contributed by atoms with E-state index < -0.39 is 0 Å². The van der Waals surface area contributed by atoms with Crippen molar-refractivity contribution in [3.8, 4) is 0 Å². The van der Waals surface area contributed by atoms with E-state index in [1.165, 1.54) is 11.8 Å². The highest BCUT2D eigenvalue weighted by Gasteiger charge is 2.19. The molecule has 0 heterocycles. The number of rotatable bonds is 7. The van der Waals surface area contributed by atoms with Gasteiger partial charge in [0.2, 0.25) is 5.91 Å². The monoisotopic (exact) mass is 454 g/mol. The van der Waals surface area contributed by atoms with Crippen LogP contribution < -0.4 is 10.6 Å². The van der Waals surface area contributed by atoms with Crippen LogP contribution in [0.25, 0.3) is 10.8 Å². The van der Waals surface area contributed by atoms with Gasteiger partial charge in [-0.3, -0.25) is 9.59 Å². The molecule has 1 atom stereocenters. The lowest BCUT2D eigenvalue weighted by Crippen LogP contribution is -2.24. The molecule has 0 saturated heterocycles. The number of fused-ring (bicyclic) bond motifs is 1. The maximum Gasteiger partial charge on any atom is 0.255 e. The predicted molar refractivity (Wildman–Crippen MR) is 138 cm³/mol. The summed E-state index contributed by atoms with van der Waals surface area (Å²) in [6.07, 6.45) is 0.691. The predicted octanol–water partition coefficient (Wildman–Crippen LogP) is 6.91. The lowest BCUT2D eigenvalue weighted by molar-refractivity contribution is -0.115. The molecule has 33 heavy (non-hydrogen) atoms. The Morgan fingerprint density at radius 3 is 2.36 bits per heavy atom. The number of thioether (sulfide) groups is 1. The van der Waals surface area contributed by atoms with E-state index in [-0.39, 0.29) is 17.1 Å². The number of nitrogens with one attached hydrogen (secondary N) is 2. The zero-order valence-corrected chi connectivity index (χ0v) is 19.5. The van der Waals surface area contributed by atoms with Gasteiger partial charge in [-0.25, -0.2) is 0 Å². The molecule has 0 bridgehead atoms. The lowest BCUT2D eigenvalue weighted by atomic mass is 10.1. The van der Waals surface area contributed by atoms with E-state index in [2.05, 4.69) is 10.6 Å². The zero-order valence-electron chi connectivity index (χ0n) is 18.7. The average molecular weight is 455 g/mol. The topological polar surface area (TPSA) is 58.2 Å². The summed E-state index contributed by atoms with van der Waals surface area (Å²) >= 11 is 1.50. The molecule has 166 valence electrons. The summed E-state index contributed by atoms with van der Waals surface area (Å²) in [6.45, 7) is 3.98. The highest BCUT2D eigenvalue weighted by atomic mass is 32.2. The number of anilines is 2. The summed E-state index contributed by atoms with van der Waals surface area (Å²) in [5, 5.41) is 7.90. The molecule has 4 rings (SSSR count). The molecule has 2 N–H and O–H groups in total. The molecule has 2 amide bonds. The fraction of sp³-hybridized carbons (Fsp3) is 0.143. The number of hydrogen-bond acceptors (Lipinski definition) is 3. The summed E-state index contributed by atoms with van der Waals surface area (Å²) in [6, 6.07) is 29.0. The summed E-state index contributed by atoms with van der Waals surface area (Å²) < 4.78 is 0. The van der Waals surface area contributed by atoms with Crippen LogP contribution in [-0.4, -0.2) is 17.1 Å². The molecule has 0 radical (unpaired) electrons. The van der Waals surface area contributed by atoms with Gasteiger partial charge in [-0.1, -0.05) is 61.5 Å². The van der Waals surface area contributed by atoms with Crippen molar-refractivity contribution in [1.82, 2.24) is 0 Å². The van der Waals surface area contributed by atoms with Crippen molar-refractivity contribution < 1.29 is 9.59 Å². The van der Waals surface area contributed by atoms with Gasteiger partial charge in [-0.15, -0.1) is 11.8 Å². The third kappa shape index (κ3) is 5.62. The Balaban J connectivity index is 1.44. The van der Waals surface area contributed by atoms with E-state index >= 15 is 0 Å². The highest BCUT2D eigenvalue weighted by molar-refractivity contribution is 8.00. The number of hydrogen-bond donors (Lipinski definition) is 2. The Kier molecular flexibility index (Phi) is 7.10.